The van der Waals surface area contributed by atoms with Crippen LogP contribution in [0.1, 0.15) is 75.1 Å². The van der Waals surface area contributed by atoms with E-state index in [1.807, 2.05) is 32.4 Å². The molecule has 10 heteroatoms. The van der Waals surface area contributed by atoms with Gasteiger partial charge in [-0.2, -0.15) is 5.26 Å². The molecule has 0 aliphatic heterocycles. The van der Waals surface area contributed by atoms with E-state index in [1.54, 1.807) is 12.1 Å². The summed E-state index contributed by atoms with van der Waals surface area (Å²) in [6.07, 6.45) is 1.11. The quantitative estimate of drug-likeness (QED) is 0.609. The lowest BCUT2D eigenvalue weighted by Crippen LogP contribution is -2.34. The molecule has 0 aliphatic rings. The number of sulfonamides is 1. The molecule has 1 heterocycles. The number of aromatic nitrogens is 1. The van der Waals surface area contributed by atoms with Gasteiger partial charge in [0.25, 0.3) is 10.0 Å². The Kier molecular flexibility index (Phi) is 6.91. The van der Waals surface area contributed by atoms with Gasteiger partial charge in [0.2, 0.25) is 0 Å². The summed E-state index contributed by atoms with van der Waals surface area (Å²) in [5.41, 5.74) is 1.17. The summed E-state index contributed by atoms with van der Waals surface area (Å²) in [6.45, 7) is 10.7. The molecule has 2 rings (SSSR count). The topological polar surface area (TPSA) is 132 Å². The molecular weight excluding hydrogens is 424 g/mol. The Bertz CT molecular complexity index is 1060. The molecule has 0 radical (unpaired) electrons. The predicted octanol–water partition coefficient (Wildman–Crippen LogP) is 4.00. The second-order valence-electron chi connectivity index (χ2n) is 8.05. The van der Waals surface area contributed by atoms with Crippen molar-refractivity contribution in [2.75, 3.05) is 5.32 Å². The van der Waals surface area contributed by atoms with Crippen molar-refractivity contribution >= 4 is 33.1 Å². The predicted molar refractivity (Wildman–Crippen MR) is 116 cm³/mol. The Morgan fingerprint density at radius 2 is 1.73 bits per heavy atom. The van der Waals surface area contributed by atoms with Gasteiger partial charge in [0.05, 0.1) is 17.8 Å². The monoisotopic (exact) mass is 450 g/mol. The number of benzene rings is 1. The summed E-state index contributed by atoms with van der Waals surface area (Å²) >= 11 is 0.788. The standard InChI is InChI=1S/C20H26N4O4S2/c1-11(2)14-7-13(9-21)8-15(12(3)4)17(14)23-19(25)24-30(27,28)16-10-22-18(29-16)20(5,6)26/h7-8,10-12,26H,1-6H3,(H2,23,24,25). The molecule has 2 aromatic rings. The molecule has 8 nitrogen and oxygen atoms in total. The van der Waals surface area contributed by atoms with E-state index < -0.39 is 21.7 Å². The first-order valence-electron chi connectivity index (χ1n) is 9.36. The molecule has 1 aromatic carbocycles. The van der Waals surface area contributed by atoms with E-state index in [9.17, 15) is 23.6 Å². The highest BCUT2D eigenvalue weighted by Gasteiger charge is 2.27. The van der Waals surface area contributed by atoms with Crippen LogP contribution >= 0.6 is 11.3 Å². The lowest BCUT2D eigenvalue weighted by Gasteiger charge is -2.21. The van der Waals surface area contributed by atoms with Crippen molar-refractivity contribution in [1.29, 1.82) is 5.26 Å². The summed E-state index contributed by atoms with van der Waals surface area (Å²) in [5.74, 6) is -0.00269. The van der Waals surface area contributed by atoms with E-state index in [4.69, 9.17) is 0 Å². The van der Waals surface area contributed by atoms with E-state index in [0.29, 0.717) is 11.3 Å². The van der Waals surface area contributed by atoms with Crippen LogP contribution in [0.5, 0.6) is 0 Å². The summed E-state index contributed by atoms with van der Waals surface area (Å²) in [6, 6.07) is 4.59. The summed E-state index contributed by atoms with van der Waals surface area (Å²) in [4.78, 5) is 16.5. The van der Waals surface area contributed by atoms with Crippen molar-refractivity contribution in [2.45, 2.75) is 63.2 Å². The van der Waals surface area contributed by atoms with Crippen molar-refractivity contribution < 1.29 is 18.3 Å². The molecule has 0 atom stereocenters. The second-order valence-corrected chi connectivity index (χ2v) is 11.0. The highest BCUT2D eigenvalue weighted by Crippen LogP contribution is 2.34. The molecule has 3 N–H and O–H groups in total. The highest BCUT2D eigenvalue weighted by atomic mass is 32.2. The van der Waals surface area contributed by atoms with Gasteiger partial charge in [-0.3, -0.25) is 0 Å². The Hall–Kier alpha value is -2.48. The Morgan fingerprint density at radius 3 is 2.13 bits per heavy atom. The Morgan fingerprint density at radius 1 is 1.20 bits per heavy atom. The average Bonchev–Trinajstić information content (AvgIpc) is 3.12. The maximum absolute atomic E-state index is 12.6. The number of rotatable bonds is 6. The summed E-state index contributed by atoms with van der Waals surface area (Å²) < 4.78 is 27.0. The molecule has 0 saturated heterocycles. The normalized spacial score (nSPS) is 12.1. The summed E-state index contributed by atoms with van der Waals surface area (Å²) in [5, 5.41) is 22.2. The van der Waals surface area contributed by atoms with E-state index >= 15 is 0 Å². The number of anilines is 1. The zero-order chi connectivity index (χ0) is 22.9. The number of hydrogen-bond donors (Lipinski definition) is 3. The molecule has 0 bridgehead atoms. The van der Waals surface area contributed by atoms with E-state index in [2.05, 4.69) is 16.4 Å². The lowest BCUT2D eigenvalue weighted by molar-refractivity contribution is 0.0783. The molecule has 0 fully saturated rings. The van der Waals surface area contributed by atoms with Crippen LogP contribution in [-0.4, -0.2) is 24.5 Å². The smallest absolute Gasteiger partial charge is 0.333 e. The molecule has 162 valence electrons. The third kappa shape index (κ3) is 5.36. The van der Waals surface area contributed by atoms with Gasteiger partial charge in [0.15, 0.2) is 4.21 Å². The van der Waals surface area contributed by atoms with Crippen molar-refractivity contribution in [2.24, 2.45) is 0 Å². The van der Waals surface area contributed by atoms with Crippen LogP contribution in [0.15, 0.2) is 22.5 Å². The van der Waals surface area contributed by atoms with Crippen molar-refractivity contribution in [3.63, 3.8) is 0 Å². The number of urea groups is 1. The van der Waals surface area contributed by atoms with Gasteiger partial charge in [0, 0.05) is 5.69 Å². The highest BCUT2D eigenvalue weighted by molar-refractivity contribution is 7.92. The van der Waals surface area contributed by atoms with E-state index in [-0.39, 0.29) is 21.1 Å². The fraction of sp³-hybridized carbons (Fsp3) is 0.450. The van der Waals surface area contributed by atoms with Crippen LogP contribution in [0, 0.1) is 11.3 Å². The summed E-state index contributed by atoms with van der Waals surface area (Å²) in [7, 11) is -4.17. The molecule has 0 unspecified atom stereocenters. The largest absolute Gasteiger partial charge is 0.383 e. The molecule has 2 amide bonds. The SMILES string of the molecule is CC(C)c1cc(C#N)cc(C(C)C)c1NC(=O)NS(=O)(=O)c1cnc(C(C)(C)O)s1. The molecule has 30 heavy (non-hydrogen) atoms. The zero-order valence-electron chi connectivity index (χ0n) is 17.8. The van der Waals surface area contributed by atoms with Gasteiger partial charge in [0.1, 0.15) is 10.6 Å². The van der Waals surface area contributed by atoms with Gasteiger partial charge < -0.3 is 10.4 Å². The fourth-order valence-electron chi connectivity index (χ4n) is 2.79. The first kappa shape index (κ1) is 23.8. The Balaban J connectivity index is 2.36. The number of amides is 2. The number of thiazole rings is 1. The minimum absolute atomic E-state index is 0.00135. The van der Waals surface area contributed by atoms with Crippen molar-refractivity contribution in [3.05, 3.63) is 40.0 Å². The number of carbonyl (C=O) groups excluding carboxylic acids is 1. The first-order chi connectivity index (χ1) is 13.8. The van der Waals surface area contributed by atoms with Crippen LogP contribution in [0.3, 0.4) is 0 Å². The van der Waals surface area contributed by atoms with Gasteiger partial charge in [-0.05, 0) is 48.9 Å². The van der Waals surface area contributed by atoms with Gasteiger partial charge in [-0.1, -0.05) is 27.7 Å². The van der Waals surface area contributed by atoms with E-state index in [0.717, 1.165) is 28.7 Å². The van der Waals surface area contributed by atoms with Gasteiger partial charge >= 0.3 is 6.03 Å². The number of nitrogens with one attached hydrogen (secondary N) is 2. The van der Waals surface area contributed by atoms with Crippen molar-refractivity contribution in [1.82, 2.24) is 9.71 Å². The average molecular weight is 451 g/mol. The Labute approximate surface area is 181 Å². The first-order valence-corrected chi connectivity index (χ1v) is 11.7. The second kappa shape index (κ2) is 8.71. The van der Waals surface area contributed by atoms with Crippen LogP contribution in [0.4, 0.5) is 10.5 Å². The third-order valence-electron chi connectivity index (χ3n) is 4.31. The van der Waals surface area contributed by atoms with Crippen LogP contribution in [0.25, 0.3) is 0 Å². The zero-order valence-corrected chi connectivity index (χ0v) is 19.4. The number of aliphatic hydroxyl groups is 1. The van der Waals surface area contributed by atoms with Crippen LogP contribution in [0.2, 0.25) is 0 Å². The molecular formula is C20H26N4O4S2. The van der Waals surface area contributed by atoms with Gasteiger partial charge in [-0.25, -0.2) is 22.9 Å². The third-order valence-corrected chi connectivity index (χ3v) is 7.41. The minimum atomic E-state index is -4.17. The van der Waals surface area contributed by atoms with Gasteiger partial charge in [-0.15, -0.1) is 11.3 Å². The maximum atomic E-state index is 12.6. The number of nitrogens with zero attached hydrogens (tertiary/aromatic N) is 2. The minimum Gasteiger partial charge on any atom is -0.383 e. The van der Waals surface area contributed by atoms with E-state index in [1.165, 1.54) is 13.8 Å². The molecule has 0 saturated carbocycles. The lowest BCUT2D eigenvalue weighted by atomic mass is 9.90. The number of carbonyl (C=O) groups is 1. The van der Waals surface area contributed by atoms with Crippen molar-refractivity contribution in [3.8, 4) is 6.07 Å². The molecule has 0 spiro atoms. The maximum Gasteiger partial charge on any atom is 0.333 e. The fourth-order valence-corrected chi connectivity index (χ4v) is 4.82. The number of nitriles is 1. The van der Waals surface area contributed by atoms with Crippen LogP contribution < -0.4 is 10.0 Å². The number of hydrogen-bond acceptors (Lipinski definition) is 7. The van der Waals surface area contributed by atoms with Crippen LogP contribution in [-0.2, 0) is 15.6 Å². The molecule has 1 aromatic heterocycles. The molecule has 0 aliphatic carbocycles.